The summed E-state index contributed by atoms with van der Waals surface area (Å²) in [6.45, 7) is 6.31. The molecular weight excluding hydrogens is 731 g/mol. The van der Waals surface area contributed by atoms with E-state index in [9.17, 15) is 19.8 Å². The van der Waals surface area contributed by atoms with E-state index < -0.39 is 18.2 Å². The number of rotatable bonds is 43. The number of aliphatic hydroxyl groups excluding tert-OH is 2. The molecule has 0 aromatic rings. The molecule has 0 aliphatic carbocycles. The van der Waals surface area contributed by atoms with E-state index in [1.54, 1.807) is 6.08 Å². The first-order valence-electron chi connectivity index (χ1n) is 24.7. The molecule has 0 aromatic carbocycles. The summed E-state index contributed by atoms with van der Waals surface area (Å²) in [4.78, 5) is 26.0. The maximum atomic E-state index is 13.1. The second-order valence-electron chi connectivity index (χ2n) is 16.5. The lowest BCUT2D eigenvalue weighted by Crippen LogP contribution is -2.46. The van der Waals surface area contributed by atoms with E-state index in [4.69, 9.17) is 4.74 Å². The van der Waals surface area contributed by atoms with Crippen molar-refractivity contribution < 1.29 is 24.5 Å². The molecular formula is C53H93NO5. The molecule has 0 rings (SSSR count). The van der Waals surface area contributed by atoms with Crippen molar-refractivity contribution in [3.05, 3.63) is 72.9 Å². The molecule has 0 spiro atoms. The zero-order valence-corrected chi connectivity index (χ0v) is 38.6. The lowest BCUT2D eigenvalue weighted by molar-refractivity contribution is -0.148. The van der Waals surface area contributed by atoms with Crippen molar-refractivity contribution in [1.29, 1.82) is 0 Å². The number of amides is 1. The molecule has 0 saturated heterocycles. The van der Waals surface area contributed by atoms with Gasteiger partial charge in [0.15, 0.2) is 0 Å². The smallest absolute Gasteiger partial charge is 0.306 e. The van der Waals surface area contributed by atoms with Gasteiger partial charge in [-0.05, 0) is 57.4 Å². The highest BCUT2D eigenvalue weighted by Gasteiger charge is 2.23. The van der Waals surface area contributed by atoms with Gasteiger partial charge >= 0.3 is 5.97 Å². The highest BCUT2D eigenvalue weighted by Crippen LogP contribution is 2.16. The van der Waals surface area contributed by atoms with Crippen molar-refractivity contribution in [2.24, 2.45) is 0 Å². The third-order valence-corrected chi connectivity index (χ3v) is 10.8. The van der Waals surface area contributed by atoms with Crippen molar-refractivity contribution in [2.75, 3.05) is 6.61 Å². The number of aliphatic hydroxyl groups is 2. The Kier molecular flexibility index (Phi) is 44.2. The lowest BCUT2D eigenvalue weighted by atomic mass is 10.0. The number of unbranched alkanes of at least 4 members (excludes halogenated alkanes) is 21. The number of carbonyl (C=O) groups excluding carboxylic acids is 2. The van der Waals surface area contributed by atoms with E-state index in [1.165, 1.54) is 109 Å². The number of esters is 1. The Labute approximate surface area is 364 Å². The molecule has 3 atom stereocenters. The third-order valence-electron chi connectivity index (χ3n) is 10.8. The highest BCUT2D eigenvalue weighted by atomic mass is 16.5. The first kappa shape index (κ1) is 56.3. The minimum absolute atomic E-state index is 0.0476. The summed E-state index contributed by atoms with van der Waals surface area (Å²) in [5.74, 6) is -0.630. The van der Waals surface area contributed by atoms with Gasteiger partial charge in [0, 0.05) is 6.42 Å². The van der Waals surface area contributed by atoms with E-state index >= 15 is 0 Å². The zero-order chi connectivity index (χ0) is 43.1. The number of hydrogen-bond acceptors (Lipinski definition) is 5. The van der Waals surface area contributed by atoms with Crippen molar-refractivity contribution in [3.8, 4) is 0 Å². The average molecular weight is 824 g/mol. The van der Waals surface area contributed by atoms with Crippen LogP contribution in [-0.2, 0) is 14.3 Å². The molecule has 6 nitrogen and oxygen atoms in total. The van der Waals surface area contributed by atoms with Crippen molar-refractivity contribution in [1.82, 2.24) is 5.32 Å². The van der Waals surface area contributed by atoms with Gasteiger partial charge in [0.1, 0.15) is 6.10 Å². The van der Waals surface area contributed by atoms with Crippen LogP contribution in [-0.4, -0.2) is 46.9 Å². The van der Waals surface area contributed by atoms with Crippen LogP contribution in [0.2, 0.25) is 0 Å². The van der Waals surface area contributed by atoms with Gasteiger partial charge in [-0.25, -0.2) is 0 Å². The topological polar surface area (TPSA) is 95.9 Å². The summed E-state index contributed by atoms with van der Waals surface area (Å²) >= 11 is 0. The normalized spacial score (nSPS) is 13.9. The van der Waals surface area contributed by atoms with Crippen LogP contribution in [0.4, 0.5) is 0 Å². The van der Waals surface area contributed by atoms with E-state index in [0.717, 1.165) is 70.6 Å². The number of nitrogens with one attached hydrogen (secondary N) is 1. The lowest BCUT2D eigenvalue weighted by Gasteiger charge is -2.23. The predicted octanol–water partition coefficient (Wildman–Crippen LogP) is 14.6. The first-order valence-corrected chi connectivity index (χ1v) is 24.7. The van der Waals surface area contributed by atoms with Crippen LogP contribution in [0, 0.1) is 0 Å². The Balaban J connectivity index is 4.79. The third kappa shape index (κ3) is 41.8. The number of allylic oxidation sites excluding steroid dienone is 11. The Morgan fingerprint density at radius 2 is 0.881 bits per heavy atom. The molecule has 0 aliphatic rings. The summed E-state index contributed by atoms with van der Waals surface area (Å²) < 4.78 is 5.81. The Bertz CT molecular complexity index is 1110. The summed E-state index contributed by atoms with van der Waals surface area (Å²) in [6, 6.07) is -0.742. The molecule has 1 amide bonds. The second-order valence-corrected chi connectivity index (χ2v) is 16.5. The Morgan fingerprint density at radius 1 is 0.508 bits per heavy atom. The monoisotopic (exact) mass is 824 g/mol. The van der Waals surface area contributed by atoms with Crippen LogP contribution in [0.5, 0.6) is 0 Å². The molecule has 6 heteroatoms. The fourth-order valence-corrected chi connectivity index (χ4v) is 7.07. The fourth-order valence-electron chi connectivity index (χ4n) is 7.07. The van der Waals surface area contributed by atoms with Crippen LogP contribution in [0.15, 0.2) is 72.9 Å². The van der Waals surface area contributed by atoms with Crippen molar-refractivity contribution in [2.45, 2.75) is 244 Å². The van der Waals surface area contributed by atoms with Gasteiger partial charge in [0.05, 0.1) is 25.2 Å². The predicted molar refractivity (Wildman–Crippen MR) is 255 cm³/mol. The Hall–Kier alpha value is -2.70. The molecule has 3 unspecified atom stereocenters. The maximum Gasteiger partial charge on any atom is 0.306 e. The molecule has 0 aromatic heterocycles. The first-order chi connectivity index (χ1) is 29.0. The zero-order valence-electron chi connectivity index (χ0n) is 38.6. The number of ether oxygens (including phenoxy) is 1. The largest absolute Gasteiger partial charge is 0.458 e. The fraction of sp³-hybridized carbons (Fsp3) is 0.736. The molecule has 59 heavy (non-hydrogen) atoms. The minimum atomic E-state index is -0.819. The van der Waals surface area contributed by atoms with Crippen LogP contribution >= 0.6 is 0 Å². The number of carbonyl (C=O) groups is 2. The highest BCUT2D eigenvalue weighted by molar-refractivity contribution is 5.78. The summed E-state index contributed by atoms with van der Waals surface area (Å²) in [5, 5.41) is 23.6. The van der Waals surface area contributed by atoms with Crippen LogP contribution < -0.4 is 5.32 Å². The molecule has 340 valence electrons. The molecule has 0 radical (unpaired) electrons. The quantitative estimate of drug-likeness (QED) is 0.0323. The average Bonchev–Trinajstić information content (AvgIpc) is 3.23. The van der Waals surface area contributed by atoms with Gasteiger partial charge in [-0.15, -0.1) is 0 Å². The molecule has 0 aliphatic heterocycles. The van der Waals surface area contributed by atoms with E-state index in [-0.39, 0.29) is 24.9 Å². The SMILES string of the molecule is CC/C=C\C/C=C\C/C=C\C/C=C\C/C=C\C/C=C\C(CC(=O)NC(CO)C(O)CCCCCCCCCCCCC)OC(=O)CCCCCCCCCCCCCC. The summed E-state index contributed by atoms with van der Waals surface area (Å²) in [5.41, 5.74) is 0. The molecule has 3 N–H and O–H groups in total. The van der Waals surface area contributed by atoms with E-state index in [1.807, 2.05) is 6.08 Å². The van der Waals surface area contributed by atoms with Crippen LogP contribution in [0.3, 0.4) is 0 Å². The van der Waals surface area contributed by atoms with Gasteiger partial charge in [-0.2, -0.15) is 0 Å². The van der Waals surface area contributed by atoms with Gasteiger partial charge in [-0.3, -0.25) is 9.59 Å². The van der Waals surface area contributed by atoms with Crippen molar-refractivity contribution in [3.63, 3.8) is 0 Å². The van der Waals surface area contributed by atoms with Crippen LogP contribution in [0.25, 0.3) is 0 Å². The van der Waals surface area contributed by atoms with E-state index in [2.05, 4.69) is 86.8 Å². The maximum absolute atomic E-state index is 13.1. The van der Waals surface area contributed by atoms with Gasteiger partial charge < -0.3 is 20.3 Å². The van der Waals surface area contributed by atoms with Gasteiger partial charge in [0.25, 0.3) is 0 Å². The summed E-state index contributed by atoms with van der Waals surface area (Å²) in [7, 11) is 0. The minimum Gasteiger partial charge on any atom is -0.458 e. The van der Waals surface area contributed by atoms with Crippen molar-refractivity contribution >= 4 is 11.9 Å². The van der Waals surface area contributed by atoms with Gasteiger partial charge in [-0.1, -0.05) is 229 Å². The molecule has 0 fully saturated rings. The molecule has 0 saturated carbocycles. The standard InChI is InChI=1S/C53H93NO5/c1-4-7-10-13-16-19-22-24-25-26-27-28-30-32-35-38-41-44-49(59-53(58)46-43-40-37-34-31-23-20-17-14-11-8-5-2)47-52(57)54-50(48-55)51(56)45-42-39-36-33-29-21-18-15-12-9-6-3/h7,10,16,19,24-25,27-28,32,35,41,44,49-51,55-56H,4-6,8-9,11-15,17-18,20-23,26,29-31,33-34,36-40,42-43,45-48H2,1-3H3,(H,54,57)/b10-7-,19-16-,25-24-,28-27-,35-32-,44-41-. The van der Waals surface area contributed by atoms with E-state index in [0.29, 0.717) is 19.3 Å². The summed E-state index contributed by atoms with van der Waals surface area (Å²) in [6.07, 6.45) is 58.5. The molecule has 0 heterocycles. The molecule has 0 bridgehead atoms. The Morgan fingerprint density at radius 3 is 1.29 bits per heavy atom. The van der Waals surface area contributed by atoms with Crippen LogP contribution in [0.1, 0.15) is 226 Å². The second kappa shape index (κ2) is 46.4. The number of hydrogen-bond donors (Lipinski definition) is 3. The van der Waals surface area contributed by atoms with Gasteiger partial charge in [0.2, 0.25) is 5.91 Å².